The summed E-state index contributed by atoms with van der Waals surface area (Å²) in [4.78, 5) is 26.0. The normalized spacial score (nSPS) is 14.4. The molecule has 6 heteroatoms. The van der Waals surface area contributed by atoms with Crippen molar-refractivity contribution in [2.75, 3.05) is 31.1 Å². The van der Waals surface area contributed by atoms with Crippen molar-refractivity contribution < 1.29 is 4.79 Å². The molecule has 0 spiro atoms. The lowest BCUT2D eigenvalue weighted by atomic mass is 10.1. The number of aromatic nitrogens is 3. The van der Waals surface area contributed by atoms with E-state index in [0.29, 0.717) is 13.1 Å². The Morgan fingerprint density at radius 2 is 1.59 bits per heavy atom. The Morgan fingerprint density at radius 3 is 2.30 bits per heavy atom. The molecule has 1 aliphatic rings. The van der Waals surface area contributed by atoms with Crippen LogP contribution in [0, 0.1) is 13.8 Å². The Hall–Kier alpha value is -3.15. The summed E-state index contributed by atoms with van der Waals surface area (Å²) in [5.41, 5.74) is 1.87. The minimum atomic E-state index is 0.102. The van der Waals surface area contributed by atoms with Gasteiger partial charge in [0.25, 0.3) is 5.91 Å². The third-order valence-corrected chi connectivity index (χ3v) is 4.84. The van der Waals surface area contributed by atoms with E-state index in [1.165, 1.54) is 0 Å². The van der Waals surface area contributed by atoms with E-state index in [2.05, 4.69) is 14.9 Å². The van der Waals surface area contributed by atoms with E-state index < -0.39 is 0 Å². The second-order valence-electron chi connectivity index (χ2n) is 6.87. The van der Waals surface area contributed by atoms with Gasteiger partial charge in [-0.15, -0.1) is 0 Å². The van der Waals surface area contributed by atoms with Gasteiger partial charge in [-0.3, -0.25) is 4.79 Å². The fourth-order valence-corrected chi connectivity index (χ4v) is 3.42. The van der Waals surface area contributed by atoms with Crippen molar-refractivity contribution in [3.8, 4) is 5.82 Å². The van der Waals surface area contributed by atoms with Gasteiger partial charge in [-0.2, -0.15) is 0 Å². The minimum Gasteiger partial charge on any atom is -0.353 e. The first kappa shape index (κ1) is 17.3. The molecule has 0 atom stereocenters. The predicted molar refractivity (Wildman–Crippen MR) is 105 cm³/mol. The Kier molecular flexibility index (Phi) is 4.62. The Labute approximate surface area is 159 Å². The van der Waals surface area contributed by atoms with E-state index in [-0.39, 0.29) is 5.91 Å². The SMILES string of the molecule is Cc1cccc(C(=O)N2CCN(c3cc(-n4cccc4)nc(C)n3)CC2)c1. The van der Waals surface area contributed by atoms with Crippen LogP contribution in [0.2, 0.25) is 0 Å². The molecule has 3 heterocycles. The summed E-state index contributed by atoms with van der Waals surface area (Å²) in [5.74, 6) is 2.62. The maximum absolute atomic E-state index is 12.7. The predicted octanol–water partition coefficient (Wildman–Crippen LogP) is 2.85. The molecule has 1 fully saturated rings. The van der Waals surface area contributed by atoms with Crippen LogP contribution in [0.15, 0.2) is 54.9 Å². The van der Waals surface area contributed by atoms with Gasteiger partial charge in [-0.05, 0) is 38.1 Å². The van der Waals surface area contributed by atoms with E-state index >= 15 is 0 Å². The number of nitrogens with zero attached hydrogens (tertiary/aromatic N) is 5. The van der Waals surface area contributed by atoms with Crippen LogP contribution in [-0.4, -0.2) is 51.5 Å². The highest BCUT2D eigenvalue weighted by atomic mass is 16.2. The number of benzene rings is 1. The van der Waals surface area contributed by atoms with E-state index in [4.69, 9.17) is 0 Å². The number of carbonyl (C=O) groups is 1. The molecule has 0 N–H and O–H groups in total. The zero-order valence-electron chi connectivity index (χ0n) is 15.7. The summed E-state index contributed by atoms with van der Waals surface area (Å²) in [6.45, 7) is 6.82. The highest BCUT2D eigenvalue weighted by molar-refractivity contribution is 5.94. The van der Waals surface area contributed by atoms with Gasteiger partial charge in [0.05, 0.1) is 0 Å². The van der Waals surface area contributed by atoms with Gasteiger partial charge in [0.15, 0.2) is 0 Å². The highest BCUT2D eigenvalue weighted by Crippen LogP contribution is 2.19. The zero-order valence-corrected chi connectivity index (χ0v) is 15.7. The molecule has 0 bridgehead atoms. The molecule has 0 unspecified atom stereocenters. The third-order valence-electron chi connectivity index (χ3n) is 4.84. The van der Waals surface area contributed by atoms with Gasteiger partial charge in [-0.1, -0.05) is 17.7 Å². The van der Waals surface area contributed by atoms with E-state index in [1.54, 1.807) is 0 Å². The molecular formula is C21H23N5O. The minimum absolute atomic E-state index is 0.102. The molecule has 0 aliphatic carbocycles. The van der Waals surface area contributed by atoms with Crippen molar-refractivity contribution in [3.05, 3.63) is 71.8 Å². The van der Waals surface area contributed by atoms with E-state index in [1.807, 2.05) is 78.2 Å². The maximum Gasteiger partial charge on any atom is 0.253 e. The van der Waals surface area contributed by atoms with Gasteiger partial charge in [0.1, 0.15) is 17.5 Å². The van der Waals surface area contributed by atoms with Crippen LogP contribution < -0.4 is 4.90 Å². The average molecular weight is 361 g/mol. The summed E-state index contributed by atoms with van der Waals surface area (Å²) < 4.78 is 1.98. The first-order valence-electron chi connectivity index (χ1n) is 9.20. The van der Waals surface area contributed by atoms with E-state index in [9.17, 15) is 4.79 Å². The summed E-state index contributed by atoms with van der Waals surface area (Å²) >= 11 is 0. The lowest BCUT2D eigenvalue weighted by Gasteiger charge is -2.35. The Bertz CT molecular complexity index is 943. The number of hydrogen-bond acceptors (Lipinski definition) is 4. The van der Waals surface area contributed by atoms with Crippen molar-refractivity contribution in [2.24, 2.45) is 0 Å². The monoisotopic (exact) mass is 361 g/mol. The van der Waals surface area contributed by atoms with Gasteiger partial charge < -0.3 is 14.4 Å². The van der Waals surface area contributed by atoms with Crippen molar-refractivity contribution >= 4 is 11.7 Å². The second kappa shape index (κ2) is 7.23. The molecule has 1 amide bonds. The van der Waals surface area contributed by atoms with E-state index in [0.717, 1.165) is 41.7 Å². The van der Waals surface area contributed by atoms with Crippen molar-refractivity contribution in [3.63, 3.8) is 0 Å². The lowest BCUT2D eigenvalue weighted by molar-refractivity contribution is 0.0746. The highest BCUT2D eigenvalue weighted by Gasteiger charge is 2.23. The van der Waals surface area contributed by atoms with Gasteiger partial charge in [-0.25, -0.2) is 9.97 Å². The van der Waals surface area contributed by atoms with Crippen LogP contribution in [0.5, 0.6) is 0 Å². The largest absolute Gasteiger partial charge is 0.353 e. The maximum atomic E-state index is 12.7. The van der Waals surface area contributed by atoms with Crippen LogP contribution in [0.4, 0.5) is 5.82 Å². The van der Waals surface area contributed by atoms with Crippen molar-refractivity contribution in [1.29, 1.82) is 0 Å². The molecule has 0 radical (unpaired) electrons. The number of piperazine rings is 1. The number of rotatable bonds is 3. The van der Waals surface area contributed by atoms with Gasteiger partial charge >= 0.3 is 0 Å². The summed E-state index contributed by atoms with van der Waals surface area (Å²) in [7, 11) is 0. The number of anilines is 1. The standard InChI is InChI=1S/C21H23N5O/c1-16-6-5-7-18(14-16)21(27)26-12-10-25(11-13-26)20-15-19(22-17(2)23-20)24-8-3-4-9-24/h3-9,14-15H,10-13H2,1-2H3. The molecule has 0 saturated carbocycles. The summed E-state index contributed by atoms with van der Waals surface area (Å²) in [6, 6.07) is 13.7. The first-order valence-corrected chi connectivity index (χ1v) is 9.20. The van der Waals surface area contributed by atoms with Crippen molar-refractivity contribution in [2.45, 2.75) is 13.8 Å². The van der Waals surface area contributed by atoms with Crippen LogP contribution >= 0.6 is 0 Å². The average Bonchev–Trinajstić information content (AvgIpc) is 3.22. The van der Waals surface area contributed by atoms with Crippen LogP contribution in [0.25, 0.3) is 5.82 Å². The van der Waals surface area contributed by atoms with Gasteiger partial charge in [0.2, 0.25) is 0 Å². The molecule has 2 aromatic heterocycles. The third kappa shape index (κ3) is 3.69. The summed E-state index contributed by atoms with van der Waals surface area (Å²) in [6.07, 6.45) is 3.95. The number of aryl methyl sites for hydroxylation is 2. The topological polar surface area (TPSA) is 54.3 Å². The second-order valence-corrected chi connectivity index (χ2v) is 6.87. The number of carbonyl (C=O) groups excluding carboxylic acids is 1. The fraction of sp³-hybridized carbons (Fsp3) is 0.286. The van der Waals surface area contributed by atoms with Crippen molar-refractivity contribution in [1.82, 2.24) is 19.4 Å². The van der Waals surface area contributed by atoms with Gasteiger partial charge in [0, 0.05) is 50.2 Å². The molecule has 138 valence electrons. The molecule has 3 aromatic rings. The molecule has 6 nitrogen and oxygen atoms in total. The molecule has 1 saturated heterocycles. The molecule has 4 rings (SSSR count). The smallest absolute Gasteiger partial charge is 0.253 e. The van der Waals surface area contributed by atoms with Crippen LogP contribution in [0.3, 0.4) is 0 Å². The fourth-order valence-electron chi connectivity index (χ4n) is 3.42. The van der Waals surface area contributed by atoms with Crippen LogP contribution in [0.1, 0.15) is 21.7 Å². The Morgan fingerprint density at radius 1 is 0.889 bits per heavy atom. The quantitative estimate of drug-likeness (QED) is 0.720. The Balaban J connectivity index is 1.47. The lowest BCUT2D eigenvalue weighted by Crippen LogP contribution is -2.49. The molecule has 1 aromatic carbocycles. The summed E-state index contributed by atoms with van der Waals surface area (Å²) in [5, 5.41) is 0. The molecule has 27 heavy (non-hydrogen) atoms. The molecular weight excluding hydrogens is 338 g/mol. The number of amides is 1. The van der Waals surface area contributed by atoms with Crippen LogP contribution in [-0.2, 0) is 0 Å². The zero-order chi connectivity index (χ0) is 18.8. The first-order chi connectivity index (χ1) is 13.1. The number of hydrogen-bond donors (Lipinski definition) is 0. The molecule has 1 aliphatic heterocycles.